The van der Waals surface area contributed by atoms with Crippen LogP contribution in [0, 0.1) is 0 Å². The minimum absolute atomic E-state index is 0.0298. The Labute approximate surface area is 144 Å². The molecule has 0 aliphatic carbocycles. The number of halogens is 1. The van der Waals surface area contributed by atoms with Gasteiger partial charge in [-0.2, -0.15) is 0 Å². The Bertz CT molecular complexity index is 694. The van der Waals surface area contributed by atoms with Gasteiger partial charge in [-0.1, -0.05) is 23.7 Å². The van der Waals surface area contributed by atoms with Gasteiger partial charge in [-0.15, -0.1) is 11.3 Å². The van der Waals surface area contributed by atoms with Crippen molar-refractivity contribution in [3.8, 4) is 0 Å². The molecule has 2 aromatic rings. The molecule has 120 valence electrons. The van der Waals surface area contributed by atoms with Crippen LogP contribution in [0.25, 0.3) is 0 Å². The third kappa shape index (κ3) is 3.92. The Hall–Kier alpha value is -1.85. The molecule has 1 fully saturated rings. The van der Waals surface area contributed by atoms with Crippen LogP contribution >= 0.6 is 22.9 Å². The van der Waals surface area contributed by atoms with Crippen molar-refractivity contribution in [3.63, 3.8) is 0 Å². The number of hydrogen-bond donors (Lipinski definition) is 0. The van der Waals surface area contributed by atoms with E-state index in [4.69, 9.17) is 11.6 Å². The van der Waals surface area contributed by atoms with Gasteiger partial charge in [0, 0.05) is 41.6 Å². The van der Waals surface area contributed by atoms with Crippen molar-refractivity contribution in [3.05, 3.63) is 57.2 Å². The number of benzene rings is 1. The molecule has 1 aromatic heterocycles. The third-order valence-electron chi connectivity index (χ3n) is 3.90. The van der Waals surface area contributed by atoms with Gasteiger partial charge in [-0.3, -0.25) is 9.59 Å². The van der Waals surface area contributed by atoms with Crippen LogP contribution < -0.4 is 0 Å². The number of piperazine rings is 1. The summed E-state index contributed by atoms with van der Waals surface area (Å²) in [6.07, 6.45) is 0.444. The molecule has 1 aromatic carbocycles. The smallest absolute Gasteiger partial charge is 0.254 e. The van der Waals surface area contributed by atoms with E-state index in [2.05, 4.69) is 0 Å². The van der Waals surface area contributed by atoms with Gasteiger partial charge >= 0.3 is 0 Å². The highest BCUT2D eigenvalue weighted by atomic mass is 35.5. The first kappa shape index (κ1) is 16.0. The predicted octanol–water partition coefficient (Wildman–Crippen LogP) is 2.93. The molecule has 4 nitrogen and oxygen atoms in total. The topological polar surface area (TPSA) is 40.6 Å². The fourth-order valence-electron chi connectivity index (χ4n) is 2.64. The second kappa shape index (κ2) is 7.15. The molecule has 0 unspecified atom stereocenters. The molecule has 0 saturated carbocycles. The summed E-state index contributed by atoms with van der Waals surface area (Å²) in [7, 11) is 0. The highest BCUT2D eigenvalue weighted by Crippen LogP contribution is 2.15. The van der Waals surface area contributed by atoms with Crippen LogP contribution in [0.5, 0.6) is 0 Å². The Morgan fingerprint density at radius 1 is 1.04 bits per heavy atom. The second-order valence-corrected chi connectivity index (χ2v) is 6.91. The van der Waals surface area contributed by atoms with Crippen LogP contribution in [0.4, 0.5) is 0 Å². The Balaban J connectivity index is 1.55. The normalized spacial score (nSPS) is 14.8. The van der Waals surface area contributed by atoms with E-state index in [0.717, 1.165) is 4.88 Å². The first-order valence-electron chi connectivity index (χ1n) is 7.48. The van der Waals surface area contributed by atoms with E-state index in [1.54, 1.807) is 40.5 Å². The van der Waals surface area contributed by atoms with Crippen LogP contribution in [0.15, 0.2) is 41.8 Å². The number of hydrogen-bond acceptors (Lipinski definition) is 3. The Morgan fingerprint density at radius 3 is 2.43 bits per heavy atom. The molecule has 3 rings (SSSR count). The van der Waals surface area contributed by atoms with Gasteiger partial charge in [-0.05, 0) is 29.6 Å². The molecule has 0 bridgehead atoms. The maximum absolute atomic E-state index is 12.5. The van der Waals surface area contributed by atoms with Gasteiger partial charge in [0.15, 0.2) is 0 Å². The lowest BCUT2D eigenvalue weighted by atomic mass is 10.1. The molecular formula is C17H17ClN2O2S. The van der Waals surface area contributed by atoms with Crippen molar-refractivity contribution in [1.82, 2.24) is 9.80 Å². The summed E-state index contributed by atoms with van der Waals surface area (Å²) in [5.74, 6) is 0.0974. The average molecular weight is 349 g/mol. The van der Waals surface area contributed by atoms with Crippen molar-refractivity contribution in [2.75, 3.05) is 26.2 Å². The molecular weight excluding hydrogens is 332 g/mol. The van der Waals surface area contributed by atoms with Crippen LogP contribution in [0.1, 0.15) is 15.2 Å². The van der Waals surface area contributed by atoms with Crippen molar-refractivity contribution in [2.45, 2.75) is 6.42 Å². The predicted molar refractivity (Wildman–Crippen MR) is 92.0 cm³/mol. The molecule has 1 aliphatic heterocycles. The quantitative estimate of drug-likeness (QED) is 0.855. The number of thiophene rings is 1. The monoisotopic (exact) mass is 348 g/mol. The molecule has 1 aliphatic rings. The number of carbonyl (C=O) groups is 2. The van der Waals surface area contributed by atoms with Gasteiger partial charge in [0.05, 0.1) is 6.42 Å². The maximum Gasteiger partial charge on any atom is 0.254 e. The van der Waals surface area contributed by atoms with Crippen LogP contribution in [-0.2, 0) is 11.2 Å². The summed E-state index contributed by atoms with van der Waals surface area (Å²) >= 11 is 7.53. The molecule has 2 amide bonds. The fourth-order valence-corrected chi connectivity index (χ4v) is 3.52. The zero-order valence-electron chi connectivity index (χ0n) is 12.6. The van der Waals surface area contributed by atoms with Gasteiger partial charge in [0.2, 0.25) is 5.91 Å². The Morgan fingerprint density at radius 2 is 1.78 bits per heavy atom. The molecule has 2 heterocycles. The summed E-state index contributed by atoms with van der Waals surface area (Å²) in [6.45, 7) is 2.27. The van der Waals surface area contributed by atoms with E-state index in [-0.39, 0.29) is 11.8 Å². The molecule has 1 saturated heterocycles. The summed E-state index contributed by atoms with van der Waals surface area (Å²) in [6, 6.07) is 10.9. The summed E-state index contributed by atoms with van der Waals surface area (Å²) < 4.78 is 0. The largest absolute Gasteiger partial charge is 0.339 e. The molecule has 0 spiro atoms. The zero-order valence-corrected chi connectivity index (χ0v) is 14.1. The van der Waals surface area contributed by atoms with E-state index in [0.29, 0.717) is 43.2 Å². The van der Waals surface area contributed by atoms with E-state index < -0.39 is 0 Å². The third-order valence-corrected chi connectivity index (χ3v) is 5.01. The van der Waals surface area contributed by atoms with Gasteiger partial charge in [0.25, 0.3) is 5.91 Å². The summed E-state index contributed by atoms with van der Waals surface area (Å²) in [5, 5.41) is 2.53. The lowest BCUT2D eigenvalue weighted by molar-refractivity contribution is -0.131. The maximum atomic E-state index is 12.5. The van der Waals surface area contributed by atoms with Gasteiger partial charge in [0.1, 0.15) is 0 Å². The summed E-state index contributed by atoms with van der Waals surface area (Å²) in [4.78, 5) is 29.4. The van der Waals surface area contributed by atoms with E-state index in [1.807, 2.05) is 22.4 Å². The average Bonchev–Trinajstić information content (AvgIpc) is 3.07. The van der Waals surface area contributed by atoms with Crippen molar-refractivity contribution in [1.29, 1.82) is 0 Å². The van der Waals surface area contributed by atoms with Crippen LogP contribution in [0.3, 0.4) is 0 Å². The fraction of sp³-hybridized carbons (Fsp3) is 0.294. The standard InChI is InChI=1S/C17H17ClN2O2S/c18-14-4-1-3-13(11-14)17(22)20-8-6-19(7-9-20)16(21)12-15-5-2-10-23-15/h1-5,10-11H,6-9,12H2. The molecule has 23 heavy (non-hydrogen) atoms. The molecule has 0 atom stereocenters. The first-order chi connectivity index (χ1) is 11.1. The van der Waals surface area contributed by atoms with Gasteiger partial charge in [-0.25, -0.2) is 0 Å². The van der Waals surface area contributed by atoms with Crippen molar-refractivity contribution in [2.24, 2.45) is 0 Å². The number of rotatable bonds is 3. The molecule has 6 heteroatoms. The highest BCUT2D eigenvalue weighted by Gasteiger charge is 2.25. The second-order valence-electron chi connectivity index (χ2n) is 5.44. The lowest BCUT2D eigenvalue weighted by Gasteiger charge is -2.34. The van der Waals surface area contributed by atoms with E-state index in [9.17, 15) is 9.59 Å². The van der Waals surface area contributed by atoms with E-state index in [1.165, 1.54) is 0 Å². The lowest BCUT2D eigenvalue weighted by Crippen LogP contribution is -2.50. The minimum atomic E-state index is -0.0298. The first-order valence-corrected chi connectivity index (χ1v) is 8.74. The number of carbonyl (C=O) groups excluding carboxylic acids is 2. The zero-order chi connectivity index (χ0) is 16.2. The van der Waals surface area contributed by atoms with E-state index >= 15 is 0 Å². The summed E-state index contributed by atoms with van der Waals surface area (Å²) in [5.41, 5.74) is 0.593. The van der Waals surface area contributed by atoms with Crippen LogP contribution in [-0.4, -0.2) is 47.8 Å². The van der Waals surface area contributed by atoms with Crippen molar-refractivity contribution < 1.29 is 9.59 Å². The number of nitrogens with zero attached hydrogens (tertiary/aromatic N) is 2. The Kier molecular flexibility index (Phi) is 4.98. The SMILES string of the molecule is O=C(Cc1cccs1)N1CCN(C(=O)c2cccc(Cl)c2)CC1. The van der Waals surface area contributed by atoms with Crippen LogP contribution in [0.2, 0.25) is 5.02 Å². The molecule has 0 N–H and O–H groups in total. The molecule has 0 radical (unpaired) electrons. The van der Waals surface area contributed by atoms with Crippen molar-refractivity contribution >= 4 is 34.8 Å². The number of amides is 2. The highest BCUT2D eigenvalue weighted by molar-refractivity contribution is 7.10. The van der Waals surface area contributed by atoms with Gasteiger partial charge < -0.3 is 9.80 Å². The minimum Gasteiger partial charge on any atom is -0.339 e.